The van der Waals surface area contributed by atoms with Crippen molar-refractivity contribution >= 4 is 14.1 Å². The van der Waals surface area contributed by atoms with Gasteiger partial charge in [0.25, 0.3) is 0 Å². The molecule has 1 aromatic rings. The van der Waals surface area contributed by atoms with E-state index in [0.717, 1.165) is 31.4 Å². The Morgan fingerprint density at radius 3 is 2.07 bits per heavy atom. The summed E-state index contributed by atoms with van der Waals surface area (Å²) in [5.41, 5.74) is 7.68. The standard InChI is InChI=1S/C25H42O2Si/c1-11-25(10)15-21-14-19(8)22(20(9)23(21)24(25)26)12-13-27-28(16(2)3,17(4)5)18(6)7/h14,16-18H,11-13,15H2,1-10H3. The van der Waals surface area contributed by atoms with Crippen molar-refractivity contribution < 1.29 is 9.22 Å². The van der Waals surface area contributed by atoms with E-state index in [4.69, 9.17) is 4.43 Å². The van der Waals surface area contributed by atoms with Crippen LogP contribution in [0.2, 0.25) is 16.6 Å². The molecule has 3 heteroatoms. The molecular formula is C25H42O2Si. The quantitative estimate of drug-likeness (QED) is 0.430. The molecule has 1 unspecified atom stereocenters. The van der Waals surface area contributed by atoms with Crippen molar-refractivity contribution in [1.29, 1.82) is 0 Å². The average Bonchev–Trinajstić information content (AvgIpc) is 2.84. The molecule has 2 nitrogen and oxygen atoms in total. The fourth-order valence-corrected chi connectivity index (χ4v) is 11.3. The van der Waals surface area contributed by atoms with E-state index in [2.05, 4.69) is 75.3 Å². The number of hydrogen-bond acceptors (Lipinski definition) is 2. The molecule has 0 spiro atoms. The molecule has 1 aromatic carbocycles. The minimum atomic E-state index is -1.85. The second-order valence-electron chi connectivity index (χ2n) is 10.2. The van der Waals surface area contributed by atoms with Gasteiger partial charge in [0.05, 0.1) is 0 Å². The number of Topliss-reactive ketones (excluding diaryl/α,β-unsaturated/α-hetero) is 1. The van der Waals surface area contributed by atoms with Crippen LogP contribution in [0.25, 0.3) is 0 Å². The lowest BCUT2D eigenvalue weighted by Gasteiger charge is -2.42. The highest BCUT2D eigenvalue weighted by Gasteiger charge is 2.45. The predicted molar refractivity (Wildman–Crippen MR) is 123 cm³/mol. The second-order valence-corrected chi connectivity index (χ2v) is 15.6. The smallest absolute Gasteiger partial charge is 0.200 e. The third kappa shape index (κ3) is 3.77. The van der Waals surface area contributed by atoms with Gasteiger partial charge in [-0.15, -0.1) is 0 Å². The van der Waals surface area contributed by atoms with E-state index >= 15 is 0 Å². The third-order valence-corrected chi connectivity index (χ3v) is 13.7. The molecule has 0 aromatic heterocycles. The van der Waals surface area contributed by atoms with Crippen molar-refractivity contribution in [3.8, 4) is 0 Å². The minimum Gasteiger partial charge on any atom is -0.416 e. The SMILES string of the molecule is CCC1(C)Cc2cc(C)c(CCO[Si](C(C)C)(C(C)C)C(C)C)c(C)c2C1=O. The molecule has 0 aliphatic heterocycles. The van der Waals surface area contributed by atoms with E-state index in [1.54, 1.807) is 0 Å². The van der Waals surface area contributed by atoms with E-state index in [-0.39, 0.29) is 5.41 Å². The third-order valence-electron chi connectivity index (χ3n) is 7.56. The largest absolute Gasteiger partial charge is 0.416 e. The molecule has 0 heterocycles. The zero-order valence-corrected chi connectivity index (χ0v) is 21.0. The molecule has 28 heavy (non-hydrogen) atoms. The molecule has 1 aliphatic carbocycles. The van der Waals surface area contributed by atoms with Gasteiger partial charge < -0.3 is 4.43 Å². The number of fused-ring (bicyclic) bond motifs is 1. The van der Waals surface area contributed by atoms with Crippen LogP contribution in [0.15, 0.2) is 6.07 Å². The summed E-state index contributed by atoms with van der Waals surface area (Å²) in [6.07, 6.45) is 2.70. The minimum absolute atomic E-state index is 0.219. The summed E-state index contributed by atoms with van der Waals surface area (Å²) in [6, 6.07) is 2.27. The Bertz CT molecular complexity index is 711. The van der Waals surface area contributed by atoms with Gasteiger partial charge in [-0.1, -0.05) is 61.5 Å². The summed E-state index contributed by atoms with van der Waals surface area (Å²) in [7, 11) is -1.85. The second kappa shape index (κ2) is 8.43. The first-order chi connectivity index (χ1) is 12.9. The summed E-state index contributed by atoms with van der Waals surface area (Å²) >= 11 is 0. The number of hydrogen-bond donors (Lipinski definition) is 0. The lowest BCUT2D eigenvalue weighted by Crippen LogP contribution is -2.48. The van der Waals surface area contributed by atoms with Gasteiger partial charge in [0, 0.05) is 17.6 Å². The Labute approximate surface area is 174 Å². The van der Waals surface area contributed by atoms with Crippen LogP contribution in [0.5, 0.6) is 0 Å². The molecule has 1 atom stereocenters. The Morgan fingerprint density at radius 1 is 1.07 bits per heavy atom. The number of aryl methyl sites for hydroxylation is 1. The van der Waals surface area contributed by atoms with Crippen LogP contribution in [0.4, 0.5) is 0 Å². The molecular weight excluding hydrogens is 360 g/mol. The van der Waals surface area contributed by atoms with E-state index in [1.165, 1.54) is 22.3 Å². The maximum absolute atomic E-state index is 13.1. The molecule has 0 amide bonds. The molecule has 0 saturated heterocycles. The van der Waals surface area contributed by atoms with Gasteiger partial charge >= 0.3 is 0 Å². The van der Waals surface area contributed by atoms with E-state index in [9.17, 15) is 4.79 Å². The predicted octanol–water partition coefficient (Wildman–Crippen LogP) is 7.19. The Hall–Kier alpha value is -0.933. The van der Waals surface area contributed by atoms with Gasteiger partial charge in [-0.3, -0.25) is 4.79 Å². The molecule has 2 rings (SSSR count). The van der Waals surface area contributed by atoms with Gasteiger partial charge in [-0.25, -0.2) is 0 Å². The number of carbonyl (C=O) groups excluding carboxylic acids is 1. The summed E-state index contributed by atoms with van der Waals surface area (Å²) in [5.74, 6) is 0.347. The zero-order valence-electron chi connectivity index (χ0n) is 20.0. The van der Waals surface area contributed by atoms with Gasteiger partial charge in [0.15, 0.2) is 14.1 Å². The highest BCUT2D eigenvalue weighted by Crippen LogP contribution is 2.44. The molecule has 1 aliphatic rings. The van der Waals surface area contributed by atoms with Gasteiger partial charge in [-0.2, -0.15) is 0 Å². The van der Waals surface area contributed by atoms with Crippen LogP contribution in [0.1, 0.15) is 94.4 Å². The summed E-state index contributed by atoms with van der Waals surface area (Å²) in [5, 5.41) is 0. The van der Waals surface area contributed by atoms with Crippen molar-refractivity contribution in [2.45, 2.75) is 105 Å². The highest BCUT2D eigenvalue weighted by molar-refractivity contribution is 6.77. The Morgan fingerprint density at radius 2 is 1.61 bits per heavy atom. The lowest BCUT2D eigenvalue weighted by atomic mass is 9.83. The maximum atomic E-state index is 13.1. The van der Waals surface area contributed by atoms with Crippen LogP contribution < -0.4 is 0 Å². The van der Waals surface area contributed by atoms with Crippen molar-refractivity contribution in [3.05, 3.63) is 33.9 Å². The van der Waals surface area contributed by atoms with Crippen LogP contribution in [-0.4, -0.2) is 20.7 Å². The normalized spacial score (nSPS) is 20.0. The Kier molecular flexibility index (Phi) is 7.03. The number of rotatable bonds is 8. The van der Waals surface area contributed by atoms with Gasteiger partial charge in [-0.05, 0) is 72.0 Å². The molecule has 0 fully saturated rings. The van der Waals surface area contributed by atoms with Crippen LogP contribution >= 0.6 is 0 Å². The van der Waals surface area contributed by atoms with Gasteiger partial charge in [0.1, 0.15) is 0 Å². The highest BCUT2D eigenvalue weighted by atomic mass is 28.4. The Balaban J connectivity index is 2.29. The molecule has 0 saturated carbocycles. The zero-order chi connectivity index (χ0) is 21.4. The fraction of sp³-hybridized carbons (Fsp3) is 0.720. The topological polar surface area (TPSA) is 26.3 Å². The first-order valence-electron chi connectivity index (χ1n) is 11.2. The molecule has 0 radical (unpaired) electrons. The first-order valence-corrected chi connectivity index (χ1v) is 13.4. The van der Waals surface area contributed by atoms with Crippen molar-refractivity contribution in [2.75, 3.05) is 6.61 Å². The molecule has 158 valence electrons. The molecule has 0 bridgehead atoms. The first kappa shape index (κ1) is 23.3. The average molecular weight is 403 g/mol. The summed E-state index contributed by atoms with van der Waals surface area (Å²) in [4.78, 5) is 13.1. The van der Waals surface area contributed by atoms with Gasteiger partial charge in [0.2, 0.25) is 0 Å². The van der Waals surface area contributed by atoms with E-state index in [1.807, 2.05) is 0 Å². The molecule has 0 N–H and O–H groups in total. The van der Waals surface area contributed by atoms with E-state index < -0.39 is 8.32 Å². The summed E-state index contributed by atoms with van der Waals surface area (Å²) < 4.78 is 6.79. The van der Waals surface area contributed by atoms with E-state index in [0.29, 0.717) is 22.4 Å². The number of ketones is 1. The van der Waals surface area contributed by atoms with Crippen LogP contribution in [-0.2, 0) is 17.3 Å². The summed E-state index contributed by atoms with van der Waals surface area (Å²) in [6.45, 7) is 23.4. The van der Waals surface area contributed by atoms with Crippen molar-refractivity contribution in [1.82, 2.24) is 0 Å². The monoisotopic (exact) mass is 402 g/mol. The number of benzene rings is 1. The number of carbonyl (C=O) groups is 1. The van der Waals surface area contributed by atoms with Crippen LogP contribution in [0.3, 0.4) is 0 Å². The lowest BCUT2D eigenvalue weighted by molar-refractivity contribution is 0.0836. The van der Waals surface area contributed by atoms with Crippen molar-refractivity contribution in [2.24, 2.45) is 5.41 Å². The maximum Gasteiger partial charge on any atom is 0.200 e. The van der Waals surface area contributed by atoms with Crippen molar-refractivity contribution in [3.63, 3.8) is 0 Å². The fourth-order valence-electron chi connectivity index (χ4n) is 5.87. The van der Waals surface area contributed by atoms with Crippen LogP contribution in [0, 0.1) is 19.3 Å².